The average Bonchev–Trinajstić information content (AvgIpc) is 1.91. The number of aliphatic hydroxyl groups excluding tert-OH is 1. The third kappa shape index (κ3) is 72.2. The molecule has 0 aliphatic heterocycles. The van der Waals surface area contributed by atoms with Crippen LogP contribution in [-0.2, 0) is 65.4 Å². The van der Waals surface area contributed by atoms with Crippen LogP contribution in [0, 0.1) is 11.8 Å². The summed E-state index contributed by atoms with van der Waals surface area (Å²) in [5.74, 6) is -0.502. The fourth-order valence-corrected chi connectivity index (χ4v) is 13.6. The molecule has 0 aliphatic rings. The van der Waals surface area contributed by atoms with Crippen molar-refractivity contribution in [3.8, 4) is 0 Å². The number of esters is 4. The van der Waals surface area contributed by atoms with Gasteiger partial charge in [0, 0.05) is 25.7 Å². The monoisotopic (exact) mass is 1420 g/mol. The molecule has 0 aromatic rings. The van der Waals surface area contributed by atoms with E-state index in [0.29, 0.717) is 25.7 Å². The Hall–Kier alpha value is -1.94. The molecule has 0 aliphatic carbocycles. The van der Waals surface area contributed by atoms with Crippen molar-refractivity contribution in [3.05, 3.63) is 0 Å². The lowest BCUT2D eigenvalue weighted by atomic mass is 10.0. The molecule has 0 saturated carbocycles. The van der Waals surface area contributed by atoms with Crippen LogP contribution in [0.2, 0.25) is 0 Å². The first-order valence-corrected chi connectivity index (χ1v) is 43.5. The quantitative estimate of drug-likeness (QED) is 0.0222. The Kier molecular flexibility index (Phi) is 68.4. The smallest absolute Gasteiger partial charge is 0.462 e. The van der Waals surface area contributed by atoms with E-state index >= 15 is 0 Å². The summed E-state index contributed by atoms with van der Waals surface area (Å²) in [4.78, 5) is 72.8. The molecule has 0 saturated heterocycles. The van der Waals surface area contributed by atoms with E-state index < -0.39 is 97.5 Å². The minimum Gasteiger partial charge on any atom is -0.462 e. The lowest BCUT2D eigenvalue weighted by Crippen LogP contribution is -2.30. The van der Waals surface area contributed by atoms with Crippen LogP contribution in [-0.4, -0.2) is 96.7 Å². The fraction of sp³-hybridized carbons (Fsp3) is 0.949. The Morgan fingerprint density at radius 1 is 0.278 bits per heavy atom. The van der Waals surface area contributed by atoms with Gasteiger partial charge in [-0.15, -0.1) is 0 Å². The van der Waals surface area contributed by atoms with Crippen molar-refractivity contribution in [3.63, 3.8) is 0 Å². The predicted octanol–water partition coefficient (Wildman–Crippen LogP) is 23.1. The van der Waals surface area contributed by atoms with Crippen molar-refractivity contribution in [1.29, 1.82) is 0 Å². The molecule has 0 bridgehead atoms. The number of hydrogen-bond acceptors (Lipinski definition) is 15. The molecular weight excluding hydrogens is 1270 g/mol. The van der Waals surface area contributed by atoms with Crippen molar-refractivity contribution < 1.29 is 80.2 Å². The van der Waals surface area contributed by atoms with Crippen LogP contribution in [0.1, 0.15) is 408 Å². The number of unbranched alkanes of at least 4 members (excludes halogenated alkanes) is 47. The van der Waals surface area contributed by atoms with Crippen LogP contribution >= 0.6 is 15.6 Å². The number of phosphoric acid groups is 2. The van der Waals surface area contributed by atoms with Gasteiger partial charge in [-0.3, -0.25) is 37.3 Å². The van der Waals surface area contributed by atoms with Crippen LogP contribution in [0.3, 0.4) is 0 Å². The number of aliphatic hydroxyl groups is 1. The van der Waals surface area contributed by atoms with Crippen molar-refractivity contribution in [2.45, 2.75) is 426 Å². The second kappa shape index (κ2) is 69.8. The van der Waals surface area contributed by atoms with E-state index in [1.807, 2.05) is 0 Å². The zero-order valence-corrected chi connectivity index (χ0v) is 65.2. The molecule has 576 valence electrons. The number of rotatable bonds is 77. The van der Waals surface area contributed by atoms with Gasteiger partial charge in [0.15, 0.2) is 12.2 Å². The molecule has 0 rings (SSSR count). The number of phosphoric ester groups is 2. The van der Waals surface area contributed by atoms with Crippen LogP contribution in [0.4, 0.5) is 0 Å². The van der Waals surface area contributed by atoms with Gasteiger partial charge in [-0.1, -0.05) is 356 Å². The number of carbonyl (C=O) groups excluding carboxylic acids is 4. The first kappa shape index (κ1) is 95.1. The molecule has 19 heteroatoms. The van der Waals surface area contributed by atoms with E-state index in [0.717, 1.165) is 102 Å². The van der Waals surface area contributed by atoms with Gasteiger partial charge in [0.1, 0.15) is 19.3 Å². The fourth-order valence-electron chi connectivity index (χ4n) is 12.0. The maximum atomic E-state index is 13.1. The summed E-state index contributed by atoms with van der Waals surface area (Å²) in [6.45, 7) is 9.65. The van der Waals surface area contributed by atoms with Crippen LogP contribution < -0.4 is 0 Å². The Labute approximate surface area is 594 Å². The highest BCUT2D eigenvalue weighted by atomic mass is 31.2. The average molecular weight is 1420 g/mol. The second-order valence-corrected chi connectivity index (χ2v) is 32.0. The summed E-state index contributed by atoms with van der Waals surface area (Å²) in [6.07, 6.45) is 58.3. The summed E-state index contributed by atoms with van der Waals surface area (Å²) in [5.41, 5.74) is 0. The zero-order valence-electron chi connectivity index (χ0n) is 63.4. The van der Waals surface area contributed by atoms with E-state index in [2.05, 4.69) is 41.5 Å². The van der Waals surface area contributed by atoms with E-state index in [-0.39, 0.29) is 25.7 Å². The topological polar surface area (TPSA) is 237 Å². The maximum Gasteiger partial charge on any atom is 0.472 e. The van der Waals surface area contributed by atoms with Crippen molar-refractivity contribution in [2.24, 2.45) is 11.8 Å². The molecule has 0 spiro atoms. The summed E-state index contributed by atoms with van der Waals surface area (Å²) < 4.78 is 68.5. The number of ether oxygens (including phenoxy) is 4. The third-order valence-electron chi connectivity index (χ3n) is 18.2. The van der Waals surface area contributed by atoms with Crippen LogP contribution in [0.15, 0.2) is 0 Å². The molecule has 2 unspecified atom stereocenters. The standard InChI is InChI=1S/C78H152O17P2/c1-7-9-11-13-15-17-36-42-48-54-60-75(80)88-66-73(94-77(82)62-56-50-44-37-18-16-14-12-10-8-2)68-92-96(84,85)90-64-72(79)65-91-97(86,87)93-69-74(67-89-76(81)61-55-49-43-38-32-29-25-27-31-35-41-47-53-59-71(5)6)95-78(83)63-57-51-45-39-33-28-24-22-20-19-21-23-26-30-34-40-46-52-58-70(3)4/h70-74,79H,7-69H2,1-6H3,(H,84,85)(H,86,87)/t72-,73+,74+/m0/s1. The van der Waals surface area contributed by atoms with E-state index in [1.165, 1.54) is 225 Å². The number of carbonyl (C=O) groups is 4. The van der Waals surface area contributed by atoms with Gasteiger partial charge in [0.25, 0.3) is 0 Å². The second-order valence-electron chi connectivity index (χ2n) is 29.1. The zero-order chi connectivity index (χ0) is 71.4. The normalized spacial score (nSPS) is 14.0. The first-order valence-electron chi connectivity index (χ1n) is 40.5. The largest absolute Gasteiger partial charge is 0.472 e. The number of hydrogen-bond donors (Lipinski definition) is 3. The molecule has 0 radical (unpaired) electrons. The van der Waals surface area contributed by atoms with Gasteiger partial charge in [-0.2, -0.15) is 0 Å². The summed E-state index contributed by atoms with van der Waals surface area (Å²) in [6, 6.07) is 0. The van der Waals surface area contributed by atoms with E-state index in [4.69, 9.17) is 37.0 Å². The molecule has 0 amide bonds. The molecule has 0 aromatic heterocycles. The molecule has 97 heavy (non-hydrogen) atoms. The summed E-state index contributed by atoms with van der Waals surface area (Å²) in [5, 5.41) is 10.6. The van der Waals surface area contributed by atoms with Crippen molar-refractivity contribution in [2.75, 3.05) is 39.6 Å². The minimum atomic E-state index is -4.96. The Bertz CT molecular complexity index is 1870. The highest BCUT2D eigenvalue weighted by molar-refractivity contribution is 7.47. The first-order chi connectivity index (χ1) is 46.9. The third-order valence-corrected chi connectivity index (χ3v) is 20.1. The molecule has 0 aromatic carbocycles. The molecule has 0 heterocycles. The molecule has 0 fully saturated rings. The van der Waals surface area contributed by atoms with Crippen LogP contribution in [0.25, 0.3) is 0 Å². The van der Waals surface area contributed by atoms with Gasteiger partial charge >= 0.3 is 39.5 Å². The highest BCUT2D eigenvalue weighted by Crippen LogP contribution is 2.45. The van der Waals surface area contributed by atoms with Gasteiger partial charge in [0.05, 0.1) is 26.4 Å². The molecule has 5 atom stereocenters. The van der Waals surface area contributed by atoms with Crippen LogP contribution in [0.5, 0.6) is 0 Å². The minimum absolute atomic E-state index is 0.107. The maximum absolute atomic E-state index is 13.1. The van der Waals surface area contributed by atoms with E-state index in [9.17, 15) is 43.2 Å². The lowest BCUT2D eigenvalue weighted by molar-refractivity contribution is -0.161. The SMILES string of the molecule is CCCCCCCCCCCCC(=O)OC[C@H](COP(=O)(O)OC[C@H](O)COP(=O)(O)OC[C@@H](COC(=O)CCCCCCCCCCCCCCCC(C)C)OC(=O)CCCCCCCCCCCCCCCCCCCCC(C)C)OC(=O)CCCCCCCCCCCC. The van der Waals surface area contributed by atoms with Gasteiger partial charge in [-0.25, -0.2) is 9.13 Å². The lowest BCUT2D eigenvalue weighted by Gasteiger charge is -2.21. The Morgan fingerprint density at radius 3 is 0.701 bits per heavy atom. The van der Waals surface area contributed by atoms with E-state index in [1.54, 1.807) is 0 Å². The summed E-state index contributed by atoms with van der Waals surface area (Å²) >= 11 is 0. The Morgan fingerprint density at radius 2 is 0.474 bits per heavy atom. The molecule has 17 nitrogen and oxygen atoms in total. The summed E-state index contributed by atoms with van der Waals surface area (Å²) in [7, 11) is -9.91. The molecule has 3 N–H and O–H groups in total. The van der Waals surface area contributed by atoms with Crippen molar-refractivity contribution in [1.82, 2.24) is 0 Å². The van der Waals surface area contributed by atoms with Gasteiger partial charge in [0.2, 0.25) is 0 Å². The van der Waals surface area contributed by atoms with Crippen molar-refractivity contribution >= 4 is 39.5 Å². The van der Waals surface area contributed by atoms with Gasteiger partial charge < -0.3 is 33.8 Å². The van der Waals surface area contributed by atoms with Gasteiger partial charge in [-0.05, 0) is 37.5 Å². The Balaban J connectivity index is 5.19. The molecular formula is C78H152O17P2. The highest BCUT2D eigenvalue weighted by Gasteiger charge is 2.30. The predicted molar refractivity (Wildman–Crippen MR) is 395 cm³/mol.